The highest BCUT2D eigenvalue weighted by atomic mass is 19.1. The summed E-state index contributed by atoms with van der Waals surface area (Å²) in [5.74, 6) is -1.74. The summed E-state index contributed by atoms with van der Waals surface area (Å²) in [5.41, 5.74) is -0.153. The molecule has 1 heterocycles. The van der Waals surface area contributed by atoms with Crippen molar-refractivity contribution in [1.82, 2.24) is 9.80 Å². The van der Waals surface area contributed by atoms with E-state index in [-0.39, 0.29) is 23.8 Å². The summed E-state index contributed by atoms with van der Waals surface area (Å²) in [7, 11) is 1.46. The molecular formula is C14H17FN2O3. The van der Waals surface area contributed by atoms with Crippen LogP contribution in [0.3, 0.4) is 0 Å². The molecule has 0 spiro atoms. The SMILES string of the molecule is CN(CC(=O)N1CCCC1)C(=O)c1ccc(O)cc1F. The Labute approximate surface area is 116 Å². The zero-order valence-electron chi connectivity index (χ0n) is 11.3. The van der Waals surface area contributed by atoms with E-state index in [4.69, 9.17) is 5.11 Å². The van der Waals surface area contributed by atoms with Crippen LogP contribution in [-0.2, 0) is 4.79 Å². The van der Waals surface area contributed by atoms with Gasteiger partial charge in [0.25, 0.3) is 5.91 Å². The first-order valence-corrected chi connectivity index (χ1v) is 6.51. The van der Waals surface area contributed by atoms with Crippen LogP contribution in [-0.4, -0.2) is 53.4 Å². The molecule has 0 atom stereocenters. The number of carbonyl (C=O) groups is 2. The van der Waals surface area contributed by atoms with Crippen LogP contribution in [0.1, 0.15) is 23.2 Å². The van der Waals surface area contributed by atoms with Crippen molar-refractivity contribution >= 4 is 11.8 Å². The van der Waals surface area contributed by atoms with E-state index in [1.54, 1.807) is 4.90 Å². The monoisotopic (exact) mass is 280 g/mol. The molecule has 0 saturated carbocycles. The maximum Gasteiger partial charge on any atom is 0.257 e. The zero-order valence-corrected chi connectivity index (χ0v) is 11.3. The molecule has 1 N–H and O–H groups in total. The van der Waals surface area contributed by atoms with Crippen molar-refractivity contribution in [3.05, 3.63) is 29.6 Å². The zero-order chi connectivity index (χ0) is 14.7. The second-order valence-electron chi connectivity index (χ2n) is 4.91. The minimum atomic E-state index is -0.796. The average Bonchev–Trinajstić information content (AvgIpc) is 2.91. The number of likely N-dealkylation sites (N-methyl/N-ethyl adjacent to an activating group) is 1. The Hall–Kier alpha value is -2.11. The molecule has 1 aliphatic rings. The van der Waals surface area contributed by atoms with Crippen LogP contribution in [0, 0.1) is 5.82 Å². The first-order valence-electron chi connectivity index (χ1n) is 6.51. The van der Waals surface area contributed by atoms with Crippen LogP contribution in [0.4, 0.5) is 4.39 Å². The van der Waals surface area contributed by atoms with E-state index in [2.05, 4.69) is 0 Å². The molecule has 1 saturated heterocycles. The van der Waals surface area contributed by atoms with Gasteiger partial charge in [0.15, 0.2) is 0 Å². The van der Waals surface area contributed by atoms with Gasteiger partial charge in [0.1, 0.15) is 11.6 Å². The van der Waals surface area contributed by atoms with Gasteiger partial charge in [-0.25, -0.2) is 4.39 Å². The maximum absolute atomic E-state index is 13.6. The Bertz CT molecular complexity index is 527. The lowest BCUT2D eigenvalue weighted by Gasteiger charge is -2.21. The number of benzene rings is 1. The van der Waals surface area contributed by atoms with Gasteiger partial charge in [-0.05, 0) is 25.0 Å². The predicted octanol–water partition coefficient (Wildman–Crippen LogP) is 1.23. The first-order chi connectivity index (χ1) is 9.49. The highest BCUT2D eigenvalue weighted by Gasteiger charge is 2.23. The minimum absolute atomic E-state index is 0.0703. The summed E-state index contributed by atoms with van der Waals surface area (Å²) in [6, 6.07) is 3.33. The summed E-state index contributed by atoms with van der Waals surface area (Å²) >= 11 is 0. The van der Waals surface area contributed by atoms with Gasteiger partial charge in [-0.2, -0.15) is 0 Å². The van der Waals surface area contributed by atoms with Gasteiger partial charge in [0.2, 0.25) is 5.91 Å². The molecular weight excluding hydrogens is 263 g/mol. The predicted molar refractivity (Wildman–Crippen MR) is 70.8 cm³/mol. The highest BCUT2D eigenvalue weighted by molar-refractivity contribution is 5.96. The quantitative estimate of drug-likeness (QED) is 0.905. The van der Waals surface area contributed by atoms with Crippen molar-refractivity contribution in [3.8, 4) is 5.75 Å². The number of amides is 2. The molecule has 6 heteroatoms. The van der Waals surface area contributed by atoms with Crippen molar-refractivity contribution in [2.75, 3.05) is 26.7 Å². The number of phenolic OH excluding ortho intramolecular Hbond substituents is 1. The van der Waals surface area contributed by atoms with Gasteiger partial charge in [0.05, 0.1) is 12.1 Å². The number of likely N-dealkylation sites (tertiary alicyclic amines) is 1. The van der Waals surface area contributed by atoms with Gasteiger partial charge < -0.3 is 14.9 Å². The lowest BCUT2D eigenvalue weighted by atomic mass is 10.2. The highest BCUT2D eigenvalue weighted by Crippen LogP contribution is 2.16. The van der Waals surface area contributed by atoms with E-state index in [1.807, 2.05) is 0 Å². The number of phenols is 1. The van der Waals surface area contributed by atoms with Gasteiger partial charge in [0, 0.05) is 26.2 Å². The molecule has 0 bridgehead atoms. The molecule has 0 radical (unpaired) electrons. The van der Waals surface area contributed by atoms with Crippen molar-refractivity contribution in [1.29, 1.82) is 0 Å². The van der Waals surface area contributed by atoms with Crippen LogP contribution in [0.25, 0.3) is 0 Å². The van der Waals surface area contributed by atoms with Gasteiger partial charge in [-0.1, -0.05) is 0 Å². The van der Waals surface area contributed by atoms with Crippen LogP contribution in [0.2, 0.25) is 0 Å². The van der Waals surface area contributed by atoms with Crippen LogP contribution in [0.15, 0.2) is 18.2 Å². The van der Waals surface area contributed by atoms with E-state index >= 15 is 0 Å². The van der Waals surface area contributed by atoms with E-state index < -0.39 is 11.7 Å². The average molecular weight is 280 g/mol. The number of nitrogens with zero attached hydrogens (tertiary/aromatic N) is 2. The summed E-state index contributed by atoms with van der Waals surface area (Å²) < 4.78 is 13.6. The van der Waals surface area contributed by atoms with Gasteiger partial charge >= 0.3 is 0 Å². The number of halogens is 1. The summed E-state index contributed by atoms with van der Waals surface area (Å²) in [6.07, 6.45) is 1.96. The van der Waals surface area contributed by atoms with Crippen LogP contribution < -0.4 is 0 Å². The molecule has 0 aromatic heterocycles. The normalized spacial score (nSPS) is 14.4. The third-order valence-electron chi connectivity index (χ3n) is 3.36. The lowest BCUT2D eigenvalue weighted by molar-refractivity contribution is -0.130. The van der Waals surface area contributed by atoms with Crippen molar-refractivity contribution < 1.29 is 19.1 Å². The molecule has 5 nitrogen and oxygen atoms in total. The number of hydrogen-bond acceptors (Lipinski definition) is 3. The van der Waals surface area contributed by atoms with Gasteiger partial charge in [-0.15, -0.1) is 0 Å². The Morgan fingerprint density at radius 1 is 1.35 bits per heavy atom. The van der Waals surface area contributed by atoms with E-state index in [9.17, 15) is 14.0 Å². The van der Waals surface area contributed by atoms with Crippen molar-refractivity contribution in [2.45, 2.75) is 12.8 Å². The summed E-state index contributed by atoms with van der Waals surface area (Å²) in [6.45, 7) is 1.36. The Balaban J connectivity index is 2.02. The Morgan fingerprint density at radius 2 is 2.00 bits per heavy atom. The van der Waals surface area contributed by atoms with E-state index in [0.29, 0.717) is 13.1 Å². The number of aromatic hydroxyl groups is 1. The van der Waals surface area contributed by atoms with Crippen molar-refractivity contribution in [2.24, 2.45) is 0 Å². The van der Waals surface area contributed by atoms with E-state index in [0.717, 1.165) is 18.9 Å². The Kier molecular flexibility index (Phi) is 4.22. The lowest BCUT2D eigenvalue weighted by Crippen LogP contribution is -2.40. The van der Waals surface area contributed by atoms with Crippen LogP contribution in [0.5, 0.6) is 5.75 Å². The first kappa shape index (κ1) is 14.3. The number of hydrogen-bond donors (Lipinski definition) is 1. The maximum atomic E-state index is 13.6. The molecule has 0 aliphatic carbocycles. The number of carbonyl (C=O) groups excluding carboxylic acids is 2. The molecule has 0 unspecified atom stereocenters. The standard InChI is InChI=1S/C14H17FN2O3/c1-16(9-13(19)17-6-2-3-7-17)14(20)11-5-4-10(18)8-12(11)15/h4-5,8,18H,2-3,6-7,9H2,1H3. The topological polar surface area (TPSA) is 60.9 Å². The fourth-order valence-electron chi connectivity index (χ4n) is 2.22. The Morgan fingerprint density at radius 3 is 2.60 bits per heavy atom. The molecule has 2 amide bonds. The van der Waals surface area contributed by atoms with Crippen molar-refractivity contribution in [3.63, 3.8) is 0 Å². The molecule has 1 aliphatic heterocycles. The van der Waals surface area contributed by atoms with E-state index in [1.165, 1.54) is 24.1 Å². The minimum Gasteiger partial charge on any atom is -0.508 e. The third kappa shape index (κ3) is 3.07. The molecule has 20 heavy (non-hydrogen) atoms. The van der Waals surface area contributed by atoms with Crippen LogP contribution >= 0.6 is 0 Å². The fourth-order valence-corrected chi connectivity index (χ4v) is 2.22. The molecule has 108 valence electrons. The molecule has 1 fully saturated rings. The third-order valence-corrected chi connectivity index (χ3v) is 3.36. The smallest absolute Gasteiger partial charge is 0.257 e. The largest absolute Gasteiger partial charge is 0.508 e. The second kappa shape index (κ2) is 5.90. The molecule has 2 rings (SSSR count). The fraction of sp³-hybridized carbons (Fsp3) is 0.429. The molecule has 1 aromatic carbocycles. The second-order valence-corrected chi connectivity index (χ2v) is 4.91. The molecule has 1 aromatic rings. The number of rotatable bonds is 3. The summed E-state index contributed by atoms with van der Waals surface area (Å²) in [4.78, 5) is 26.9. The van der Waals surface area contributed by atoms with Gasteiger partial charge in [-0.3, -0.25) is 9.59 Å². The summed E-state index contributed by atoms with van der Waals surface area (Å²) in [5, 5.41) is 9.12.